The van der Waals surface area contributed by atoms with Gasteiger partial charge in [0.05, 0.1) is 0 Å². The first-order chi connectivity index (χ1) is 28.0. The second-order valence-corrected chi connectivity index (χ2v) is 16.4. The third kappa shape index (κ3) is 6.56. The summed E-state index contributed by atoms with van der Waals surface area (Å²) in [6, 6.07) is 72.4. The molecule has 0 fully saturated rings. The van der Waals surface area contributed by atoms with E-state index in [2.05, 4.69) is 214 Å². The molecular weight excluding hydrogens is 685 g/mol. The normalized spacial score (nSPS) is 14.0. The summed E-state index contributed by atoms with van der Waals surface area (Å²) in [7, 11) is 0. The van der Waals surface area contributed by atoms with Crippen molar-refractivity contribution < 1.29 is 0 Å². The molecular formula is C57H46. The van der Waals surface area contributed by atoms with E-state index >= 15 is 0 Å². The number of benzene rings is 8. The molecule has 0 saturated heterocycles. The van der Waals surface area contributed by atoms with Crippen molar-refractivity contribution in [3.8, 4) is 44.5 Å². The van der Waals surface area contributed by atoms with Gasteiger partial charge in [-0.1, -0.05) is 208 Å². The molecule has 274 valence electrons. The van der Waals surface area contributed by atoms with Crippen LogP contribution in [-0.2, 0) is 18.3 Å². The number of hydrogen-bond acceptors (Lipinski definition) is 0. The minimum Gasteiger partial charge on any atom is -0.0622 e. The smallest absolute Gasteiger partial charge is 0.0158 e. The zero-order valence-electron chi connectivity index (χ0n) is 32.8. The Morgan fingerprint density at radius 1 is 0.439 bits per heavy atom. The van der Waals surface area contributed by atoms with Crippen molar-refractivity contribution in [2.45, 2.75) is 44.4 Å². The quantitative estimate of drug-likeness (QED) is 0.146. The van der Waals surface area contributed by atoms with E-state index < -0.39 is 0 Å². The molecule has 0 heteroatoms. The molecule has 0 aromatic heterocycles. The van der Waals surface area contributed by atoms with E-state index in [1.165, 1.54) is 94.6 Å². The first-order valence-electron chi connectivity index (χ1n) is 20.5. The Bertz CT molecular complexity index is 2760. The molecule has 0 radical (unpaired) electrons. The third-order valence-electron chi connectivity index (χ3n) is 12.6. The first-order valence-corrected chi connectivity index (χ1v) is 20.5. The Hall–Kier alpha value is -6.50. The average Bonchev–Trinajstić information content (AvgIpc) is 3.38. The maximum atomic E-state index is 2.52. The first kappa shape index (κ1) is 35.0. The Balaban J connectivity index is 0.974. The van der Waals surface area contributed by atoms with Crippen LogP contribution in [0.25, 0.3) is 56.2 Å². The largest absolute Gasteiger partial charge is 0.0622 e. The monoisotopic (exact) mass is 730 g/mol. The number of aryl methyl sites for hydroxylation is 1. The molecule has 0 spiro atoms. The van der Waals surface area contributed by atoms with Gasteiger partial charge in [-0.3, -0.25) is 0 Å². The molecule has 0 nitrogen and oxygen atoms in total. The zero-order chi connectivity index (χ0) is 38.3. The Morgan fingerprint density at radius 2 is 1.05 bits per heavy atom. The predicted octanol–water partition coefficient (Wildman–Crippen LogP) is 14.9. The molecule has 2 aliphatic rings. The van der Waals surface area contributed by atoms with Crippen LogP contribution in [0.4, 0.5) is 0 Å². The Kier molecular flexibility index (Phi) is 8.91. The summed E-state index contributed by atoms with van der Waals surface area (Å²) in [4.78, 5) is 0. The Morgan fingerprint density at radius 3 is 1.86 bits per heavy atom. The van der Waals surface area contributed by atoms with Crippen LogP contribution in [-0.4, -0.2) is 0 Å². The molecule has 0 amide bonds. The van der Waals surface area contributed by atoms with Gasteiger partial charge in [-0.2, -0.15) is 0 Å². The summed E-state index contributed by atoms with van der Waals surface area (Å²) in [5, 5.41) is 0. The minimum absolute atomic E-state index is 0.0361. The fourth-order valence-corrected chi connectivity index (χ4v) is 9.53. The summed E-state index contributed by atoms with van der Waals surface area (Å²) >= 11 is 0. The maximum Gasteiger partial charge on any atom is 0.0158 e. The molecule has 8 aromatic carbocycles. The fraction of sp³-hybridized carbons (Fsp3) is 0.123. The van der Waals surface area contributed by atoms with Gasteiger partial charge in [-0.15, -0.1) is 0 Å². The summed E-state index contributed by atoms with van der Waals surface area (Å²) in [5.74, 6) is 0.263. The van der Waals surface area contributed by atoms with Crippen molar-refractivity contribution in [2.75, 3.05) is 0 Å². The highest BCUT2D eigenvalue weighted by Gasteiger charge is 2.35. The molecule has 8 aromatic rings. The van der Waals surface area contributed by atoms with E-state index in [1.807, 2.05) is 0 Å². The van der Waals surface area contributed by atoms with E-state index in [1.54, 1.807) is 0 Å². The summed E-state index contributed by atoms with van der Waals surface area (Å²) in [6.45, 7) is 4.77. The van der Waals surface area contributed by atoms with Gasteiger partial charge in [-0.05, 0) is 120 Å². The lowest BCUT2D eigenvalue weighted by atomic mass is 9.79. The molecule has 0 N–H and O–H groups in total. The van der Waals surface area contributed by atoms with Gasteiger partial charge in [0.25, 0.3) is 0 Å². The van der Waals surface area contributed by atoms with E-state index in [-0.39, 0.29) is 11.3 Å². The lowest BCUT2D eigenvalue weighted by molar-refractivity contribution is 0.654. The molecule has 0 heterocycles. The molecule has 1 unspecified atom stereocenters. The maximum absolute atomic E-state index is 2.52. The van der Waals surface area contributed by atoms with Crippen molar-refractivity contribution >= 4 is 11.6 Å². The van der Waals surface area contributed by atoms with Crippen LogP contribution in [0.5, 0.6) is 0 Å². The van der Waals surface area contributed by atoms with E-state index in [0.29, 0.717) is 0 Å². The van der Waals surface area contributed by atoms with Gasteiger partial charge in [0, 0.05) is 11.3 Å². The fourth-order valence-electron chi connectivity index (χ4n) is 9.53. The van der Waals surface area contributed by atoms with Crippen molar-refractivity contribution in [1.82, 2.24) is 0 Å². The topological polar surface area (TPSA) is 0 Å². The van der Waals surface area contributed by atoms with Crippen LogP contribution in [0, 0.1) is 0 Å². The van der Waals surface area contributed by atoms with Crippen LogP contribution >= 0.6 is 0 Å². The number of rotatable bonds is 8. The molecule has 1 atom stereocenters. The van der Waals surface area contributed by atoms with Crippen molar-refractivity contribution in [1.29, 1.82) is 0 Å². The zero-order valence-corrected chi connectivity index (χ0v) is 32.8. The van der Waals surface area contributed by atoms with Gasteiger partial charge in [0.2, 0.25) is 0 Å². The highest BCUT2D eigenvalue weighted by Crippen LogP contribution is 2.50. The van der Waals surface area contributed by atoms with Crippen molar-refractivity contribution in [3.05, 3.63) is 239 Å². The Labute approximate surface area is 337 Å². The molecule has 0 saturated carbocycles. The number of hydrogen-bond donors (Lipinski definition) is 0. The number of allylic oxidation sites excluding steroid dienone is 1. The van der Waals surface area contributed by atoms with Crippen LogP contribution in [0.15, 0.2) is 194 Å². The second-order valence-electron chi connectivity index (χ2n) is 16.4. The van der Waals surface area contributed by atoms with Gasteiger partial charge >= 0.3 is 0 Å². The van der Waals surface area contributed by atoms with Crippen molar-refractivity contribution in [2.24, 2.45) is 0 Å². The summed E-state index contributed by atoms with van der Waals surface area (Å²) < 4.78 is 0. The van der Waals surface area contributed by atoms with E-state index in [4.69, 9.17) is 0 Å². The van der Waals surface area contributed by atoms with Crippen LogP contribution in [0.3, 0.4) is 0 Å². The van der Waals surface area contributed by atoms with Gasteiger partial charge in [0.1, 0.15) is 0 Å². The molecule has 10 rings (SSSR count). The summed E-state index contributed by atoms with van der Waals surface area (Å²) in [6.07, 6.45) is 5.30. The van der Waals surface area contributed by atoms with Crippen LogP contribution < -0.4 is 0 Å². The standard InChI is InChI=1S/C57H46/c1-57(2)55-23-12-11-22-52(55)53-33-31-48(38-56(53)57)50(43-27-25-42(26-28-43)40-15-5-3-6-16-40)32-24-39-14-13-20-44(34-39)45-29-30-47-36-49(41-17-7-4-8-18-41)35-46-19-9-10-21-51(46)54(47)37-45/h3-23,25-31,33-35,37-38,50H,24,32,36H2,1-2H3. The predicted molar refractivity (Wildman–Crippen MR) is 241 cm³/mol. The van der Waals surface area contributed by atoms with E-state index in [9.17, 15) is 0 Å². The van der Waals surface area contributed by atoms with Gasteiger partial charge in [0.15, 0.2) is 0 Å². The number of fused-ring (bicyclic) bond motifs is 6. The van der Waals surface area contributed by atoms with Gasteiger partial charge < -0.3 is 0 Å². The lowest BCUT2D eigenvalue weighted by Gasteiger charge is -2.24. The van der Waals surface area contributed by atoms with Crippen molar-refractivity contribution in [3.63, 3.8) is 0 Å². The second kappa shape index (κ2) is 14.5. The van der Waals surface area contributed by atoms with E-state index in [0.717, 1.165) is 19.3 Å². The minimum atomic E-state index is -0.0361. The van der Waals surface area contributed by atoms with Crippen LogP contribution in [0.2, 0.25) is 0 Å². The molecule has 0 aliphatic heterocycles. The molecule has 57 heavy (non-hydrogen) atoms. The lowest BCUT2D eigenvalue weighted by Crippen LogP contribution is -2.15. The van der Waals surface area contributed by atoms with Crippen LogP contribution in [0.1, 0.15) is 70.7 Å². The molecule has 0 bridgehead atoms. The highest BCUT2D eigenvalue weighted by atomic mass is 14.4. The summed E-state index contributed by atoms with van der Waals surface area (Å²) in [5.41, 5.74) is 22.7. The highest BCUT2D eigenvalue weighted by molar-refractivity contribution is 5.93. The SMILES string of the molecule is CC1(C)c2ccccc2-c2ccc(C(CCc3cccc(-c4ccc5c(c4)-c4ccccc4C=C(c4ccccc4)C5)c3)c3ccc(-c4ccccc4)cc3)cc21. The molecule has 2 aliphatic carbocycles. The average molecular weight is 731 g/mol. The van der Waals surface area contributed by atoms with Gasteiger partial charge in [-0.25, -0.2) is 0 Å². The third-order valence-corrected chi connectivity index (χ3v) is 12.6.